The highest BCUT2D eigenvalue weighted by atomic mass is 19.3. The van der Waals surface area contributed by atoms with Crippen molar-refractivity contribution >= 4 is 11.9 Å². The van der Waals surface area contributed by atoms with Crippen LogP contribution >= 0.6 is 0 Å². The number of benzene rings is 2. The molecule has 28 heavy (non-hydrogen) atoms. The Morgan fingerprint density at radius 2 is 1.64 bits per heavy atom. The van der Waals surface area contributed by atoms with Gasteiger partial charge in [-0.3, -0.25) is 4.79 Å². The first-order valence-electron chi connectivity index (χ1n) is 8.24. The highest BCUT2D eigenvalue weighted by Crippen LogP contribution is 2.25. The molecule has 0 atom stereocenters. The van der Waals surface area contributed by atoms with E-state index in [-0.39, 0.29) is 24.5 Å². The van der Waals surface area contributed by atoms with E-state index >= 15 is 0 Å². The zero-order valence-electron chi connectivity index (χ0n) is 15.0. The lowest BCUT2D eigenvalue weighted by Crippen LogP contribution is -2.32. The van der Waals surface area contributed by atoms with Gasteiger partial charge < -0.3 is 24.3 Å². The van der Waals surface area contributed by atoms with Gasteiger partial charge in [-0.05, 0) is 24.3 Å². The second-order valence-corrected chi connectivity index (χ2v) is 5.30. The quantitative estimate of drug-likeness (QED) is 0.492. The van der Waals surface area contributed by atoms with Crippen molar-refractivity contribution in [1.29, 1.82) is 0 Å². The molecule has 0 heterocycles. The van der Waals surface area contributed by atoms with Crippen LogP contribution in [-0.4, -0.2) is 45.4 Å². The minimum absolute atomic E-state index is 0.166. The lowest BCUT2D eigenvalue weighted by molar-refractivity contribution is -0.124. The van der Waals surface area contributed by atoms with Crippen molar-refractivity contribution in [2.24, 2.45) is 0 Å². The van der Waals surface area contributed by atoms with Crippen molar-refractivity contribution < 1.29 is 37.3 Å². The number of hydrogen-bond donors (Lipinski definition) is 1. The van der Waals surface area contributed by atoms with Crippen LogP contribution in [-0.2, 0) is 9.53 Å². The van der Waals surface area contributed by atoms with Crippen LogP contribution in [0.15, 0.2) is 48.5 Å². The molecule has 1 N–H and O–H groups in total. The molecule has 0 aromatic heterocycles. The Morgan fingerprint density at radius 3 is 2.32 bits per heavy atom. The number of nitrogens with one attached hydrogen (secondary N) is 1. The van der Waals surface area contributed by atoms with Crippen molar-refractivity contribution in [1.82, 2.24) is 5.32 Å². The molecule has 0 saturated heterocycles. The summed E-state index contributed by atoms with van der Waals surface area (Å²) in [5.41, 5.74) is -0.199. The van der Waals surface area contributed by atoms with Crippen LogP contribution in [0.25, 0.3) is 0 Å². The van der Waals surface area contributed by atoms with E-state index < -0.39 is 25.1 Å². The number of hydrogen-bond acceptors (Lipinski definition) is 6. The molecular formula is C19H19F2NO6. The Hall–Kier alpha value is -3.36. The van der Waals surface area contributed by atoms with E-state index in [9.17, 15) is 18.4 Å². The molecule has 0 aliphatic rings. The van der Waals surface area contributed by atoms with Crippen molar-refractivity contribution in [2.75, 3.05) is 26.9 Å². The fourth-order valence-corrected chi connectivity index (χ4v) is 2.18. The van der Waals surface area contributed by atoms with Crippen molar-refractivity contribution in [3.05, 3.63) is 54.1 Å². The molecular weight excluding hydrogens is 376 g/mol. The SMILES string of the molecule is COc1ccccc1OCCNC(=O)COC(=O)c1ccccc1OC(F)F. The Kier molecular flexibility index (Phi) is 8.01. The van der Waals surface area contributed by atoms with Gasteiger partial charge in [-0.1, -0.05) is 24.3 Å². The average molecular weight is 395 g/mol. The molecule has 0 aliphatic carbocycles. The van der Waals surface area contributed by atoms with E-state index in [1.165, 1.54) is 31.4 Å². The maximum atomic E-state index is 12.4. The van der Waals surface area contributed by atoms with E-state index in [2.05, 4.69) is 10.1 Å². The van der Waals surface area contributed by atoms with E-state index in [1.54, 1.807) is 24.3 Å². The van der Waals surface area contributed by atoms with Crippen LogP contribution in [0.4, 0.5) is 8.78 Å². The van der Waals surface area contributed by atoms with E-state index in [0.29, 0.717) is 11.5 Å². The summed E-state index contributed by atoms with van der Waals surface area (Å²) >= 11 is 0. The summed E-state index contributed by atoms with van der Waals surface area (Å²) in [6.45, 7) is -3.32. The summed E-state index contributed by atoms with van der Waals surface area (Å²) in [5.74, 6) is -0.747. The highest BCUT2D eigenvalue weighted by Gasteiger charge is 2.17. The van der Waals surface area contributed by atoms with Crippen LogP contribution in [0.3, 0.4) is 0 Å². The van der Waals surface area contributed by atoms with Crippen molar-refractivity contribution in [3.63, 3.8) is 0 Å². The summed E-state index contributed by atoms with van der Waals surface area (Å²) in [4.78, 5) is 23.7. The largest absolute Gasteiger partial charge is 0.493 e. The maximum absolute atomic E-state index is 12.4. The monoisotopic (exact) mass is 395 g/mol. The van der Waals surface area contributed by atoms with Crippen molar-refractivity contribution in [3.8, 4) is 17.2 Å². The van der Waals surface area contributed by atoms with E-state index in [4.69, 9.17) is 14.2 Å². The van der Waals surface area contributed by atoms with Crippen LogP contribution in [0.2, 0.25) is 0 Å². The fraction of sp³-hybridized carbons (Fsp3) is 0.263. The third-order valence-electron chi connectivity index (χ3n) is 3.41. The molecule has 0 spiro atoms. The lowest BCUT2D eigenvalue weighted by Gasteiger charge is -2.12. The third kappa shape index (κ3) is 6.42. The summed E-state index contributed by atoms with van der Waals surface area (Å²) in [6.07, 6.45) is 0. The van der Waals surface area contributed by atoms with Gasteiger partial charge in [-0.2, -0.15) is 8.78 Å². The topological polar surface area (TPSA) is 83.1 Å². The van der Waals surface area contributed by atoms with Gasteiger partial charge in [0.1, 0.15) is 17.9 Å². The third-order valence-corrected chi connectivity index (χ3v) is 3.41. The molecule has 150 valence electrons. The summed E-state index contributed by atoms with van der Waals surface area (Å²) in [6, 6.07) is 12.4. The Bertz CT molecular complexity index is 799. The minimum atomic E-state index is -3.08. The molecule has 9 heteroatoms. The predicted molar refractivity (Wildman–Crippen MR) is 94.9 cm³/mol. The number of rotatable bonds is 10. The van der Waals surface area contributed by atoms with Gasteiger partial charge in [-0.15, -0.1) is 0 Å². The van der Waals surface area contributed by atoms with Gasteiger partial charge in [0.2, 0.25) is 0 Å². The second-order valence-electron chi connectivity index (χ2n) is 5.30. The predicted octanol–water partition coefficient (Wildman–Crippen LogP) is 2.65. The normalized spacial score (nSPS) is 10.3. The number of carbonyl (C=O) groups is 2. The lowest BCUT2D eigenvalue weighted by atomic mass is 10.2. The first-order chi connectivity index (χ1) is 13.5. The number of carbonyl (C=O) groups excluding carboxylic acids is 2. The molecule has 7 nitrogen and oxygen atoms in total. The Balaban J connectivity index is 1.74. The number of amides is 1. The molecule has 0 unspecified atom stereocenters. The van der Waals surface area contributed by atoms with E-state index in [0.717, 1.165) is 0 Å². The summed E-state index contributed by atoms with van der Waals surface area (Å²) < 4.78 is 44.4. The Morgan fingerprint density at radius 1 is 1.00 bits per heavy atom. The van der Waals surface area contributed by atoms with Crippen LogP contribution in [0.1, 0.15) is 10.4 Å². The maximum Gasteiger partial charge on any atom is 0.387 e. The summed E-state index contributed by atoms with van der Waals surface area (Å²) in [5, 5.41) is 2.51. The number of methoxy groups -OCH3 is 1. The van der Waals surface area contributed by atoms with Gasteiger partial charge >= 0.3 is 12.6 Å². The molecule has 1 amide bonds. The first-order valence-corrected chi connectivity index (χ1v) is 8.24. The summed E-state index contributed by atoms with van der Waals surface area (Å²) in [7, 11) is 1.52. The number of halogens is 2. The van der Waals surface area contributed by atoms with E-state index in [1.807, 2.05) is 0 Å². The molecule has 0 fully saturated rings. The number of para-hydroxylation sites is 3. The molecule has 2 rings (SSSR count). The van der Waals surface area contributed by atoms with Gasteiger partial charge in [-0.25, -0.2) is 4.79 Å². The highest BCUT2D eigenvalue weighted by molar-refractivity contribution is 5.93. The second kappa shape index (κ2) is 10.7. The molecule has 0 bridgehead atoms. The first kappa shape index (κ1) is 20.9. The molecule has 0 aliphatic heterocycles. The molecule has 2 aromatic carbocycles. The van der Waals surface area contributed by atoms with Crippen LogP contribution < -0.4 is 19.5 Å². The zero-order valence-corrected chi connectivity index (χ0v) is 15.0. The molecule has 0 saturated carbocycles. The Labute approximate surface area is 160 Å². The zero-order chi connectivity index (χ0) is 20.4. The van der Waals surface area contributed by atoms with Gasteiger partial charge in [0.15, 0.2) is 18.1 Å². The average Bonchev–Trinajstić information content (AvgIpc) is 2.69. The number of ether oxygens (including phenoxy) is 4. The number of alkyl halides is 2. The van der Waals surface area contributed by atoms with Crippen LogP contribution in [0, 0.1) is 0 Å². The minimum Gasteiger partial charge on any atom is -0.493 e. The molecule has 0 radical (unpaired) electrons. The molecule has 2 aromatic rings. The fourth-order valence-electron chi connectivity index (χ4n) is 2.18. The van der Waals surface area contributed by atoms with Gasteiger partial charge in [0.25, 0.3) is 5.91 Å². The van der Waals surface area contributed by atoms with Crippen molar-refractivity contribution in [2.45, 2.75) is 6.61 Å². The van der Waals surface area contributed by atoms with Crippen LogP contribution in [0.5, 0.6) is 17.2 Å². The smallest absolute Gasteiger partial charge is 0.387 e. The van der Waals surface area contributed by atoms with Gasteiger partial charge in [0, 0.05) is 0 Å². The number of esters is 1. The van der Waals surface area contributed by atoms with Gasteiger partial charge in [0.05, 0.1) is 13.7 Å². The standard InChI is InChI=1S/C19H19F2NO6/c1-25-15-8-4-5-9-16(15)26-11-10-22-17(23)12-27-18(24)13-6-2-3-7-14(13)28-19(20)21/h2-9,19H,10-12H2,1H3,(H,22,23).